The van der Waals surface area contributed by atoms with Crippen LogP contribution in [-0.4, -0.2) is 51.1 Å². The molecule has 0 aliphatic heterocycles. The molecule has 0 atom stereocenters. The van der Waals surface area contributed by atoms with Crippen molar-refractivity contribution >= 4 is 27.6 Å². The summed E-state index contributed by atoms with van der Waals surface area (Å²) in [6.07, 6.45) is 0. The Hall–Kier alpha value is -1.15. The lowest BCUT2D eigenvalue weighted by molar-refractivity contribution is 0.0696. The van der Waals surface area contributed by atoms with Gasteiger partial charge in [0.25, 0.3) is 0 Å². The normalized spacial score (nSPS) is 11.8. The van der Waals surface area contributed by atoms with Crippen molar-refractivity contribution in [1.82, 2.24) is 4.31 Å². The van der Waals surface area contributed by atoms with Crippen LogP contribution in [0, 0.1) is 0 Å². The molecule has 0 spiro atoms. The van der Waals surface area contributed by atoms with Gasteiger partial charge in [-0.25, -0.2) is 13.2 Å². The molecule has 0 radical (unpaired) electrons. The van der Waals surface area contributed by atoms with E-state index >= 15 is 0 Å². The summed E-state index contributed by atoms with van der Waals surface area (Å²) in [6, 6.07) is 3.55. The van der Waals surface area contributed by atoms with Crippen molar-refractivity contribution in [2.24, 2.45) is 0 Å². The Labute approximate surface area is 116 Å². The second kappa shape index (κ2) is 6.33. The first kappa shape index (κ1) is 15.9. The molecule has 1 aromatic carbocycles. The highest BCUT2D eigenvalue weighted by Crippen LogP contribution is 2.25. The van der Waals surface area contributed by atoms with Crippen molar-refractivity contribution in [3.05, 3.63) is 28.8 Å². The Morgan fingerprint density at radius 3 is 2.63 bits per heavy atom. The predicted molar refractivity (Wildman–Crippen MR) is 70.1 cm³/mol. The third-order valence-corrected chi connectivity index (χ3v) is 4.82. The maximum absolute atomic E-state index is 12.2. The van der Waals surface area contributed by atoms with Gasteiger partial charge in [0.05, 0.1) is 17.2 Å². The van der Waals surface area contributed by atoms with Crippen LogP contribution in [0.2, 0.25) is 5.02 Å². The molecule has 0 amide bonds. The van der Waals surface area contributed by atoms with Crippen molar-refractivity contribution < 1.29 is 23.1 Å². The van der Waals surface area contributed by atoms with E-state index in [2.05, 4.69) is 0 Å². The quantitative estimate of drug-likeness (QED) is 0.856. The maximum atomic E-state index is 12.2. The molecule has 0 saturated carbocycles. The zero-order valence-electron chi connectivity index (χ0n) is 10.5. The van der Waals surface area contributed by atoms with Gasteiger partial charge in [-0.05, 0) is 18.2 Å². The minimum atomic E-state index is -3.84. The first-order valence-corrected chi connectivity index (χ1v) is 7.10. The Kier molecular flexibility index (Phi) is 5.30. The molecule has 19 heavy (non-hydrogen) atoms. The van der Waals surface area contributed by atoms with Gasteiger partial charge in [0, 0.05) is 20.7 Å². The van der Waals surface area contributed by atoms with E-state index in [0.717, 1.165) is 10.4 Å². The highest BCUT2D eigenvalue weighted by atomic mass is 35.5. The first-order chi connectivity index (χ1) is 8.80. The van der Waals surface area contributed by atoms with Crippen LogP contribution < -0.4 is 0 Å². The molecular weight excluding hydrogens is 294 g/mol. The van der Waals surface area contributed by atoms with Crippen molar-refractivity contribution in [2.75, 3.05) is 27.3 Å². The summed E-state index contributed by atoms with van der Waals surface area (Å²) in [4.78, 5) is 10.6. The summed E-state index contributed by atoms with van der Waals surface area (Å²) in [5.74, 6) is -1.22. The second-order valence-electron chi connectivity index (χ2n) is 3.77. The number of hydrogen-bond acceptors (Lipinski definition) is 4. The number of carbonyl (C=O) groups is 1. The van der Waals surface area contributed by atoms with Gasteiger partial charge in [-0.15, -0.1) is 0 Å². The van der Waals surface area contributed by atoms with Crippen molar-refractivity contribution in [3.8, 4) is 0 Å². The number of likely N-dealkylation sites (N-methyl/N-ethyl adjacent to an activating group) is 1. The zero-order chi connectivity index (χ0) is 14.6. The van der Waals surface area contributed by atoms with Crippen LogP contribution in [0.25, 0.3) is 0 Å². The van der Waals surface area contributed by atoms with E-state index in [1.807, 2.05) is 0 Å². The van der Waals surface area contributed by atoms with Crippen LogP contribution in [0.5, 0.6) is 0 Å². The molecule has 106 valence electrons. The van der Waals surface area contributed by atoms with E-state index in [0.29, 0.717) is 0 Å². The summed E-state index contributed by atoms with van der Waals surface area (Å²) in [6.45, 7) is 0.373. The van der Waals surface area contributed by atoms with Gasteiger partial charge < -0.3 is 9.84 Å². The lowest BCUT2D eigenvalue weighted by atomic mass is 10.2. The molecule has 0 fully saturated rings. The molecule has 6 nitrogen and oxygen atoms in total. The lowest BCUT2D eigenvalue weighted by Gasteiger charge is -2.17. The van der Waals surface area contributed by atoms with Gasteiger partial charge in [-0.3, -0.25) is 0 Å². The number of halogens is 1. The SMILES string of the molecule is COCCN(C)S(=O)(=O)c1cc(C(=O)O)ccc1Cl. The molecule has 1 aromatic rings. The first-order valence-electron chi connectivity index (χ1n) is 5.29. The van der Waals surface area contributed by atoms with E-state index in [9.17, 15) is 13.2 Å². The number of benzene rings is 1. The predicted octanol–water partition coefficient (Wildman–Crippen LogP) is 1.31. The van der Waals surface area contributed by atoms with Crippen LogP contribution in [0.1, 0.15) is 10.4 Å². The van der Waals surface area contributed by atoms with Crippen molar-refractivity contribution in [1.29, 1.82) is 0 Å². The molecule has 0 aliphatic rings. The second-order valence-corrected chi connectivity index (χ2v) is 6.19. The van der Waals surface area contributed by atoms with Gasteiger partial charge in [0.1, 0.15) is 4.90 Å². The van der Waals surface area contributed by atoms with E-state index in [4.69, 9.17) is 21.4 Å². The maximum Gasteiger partial charge on any atom is 0.335 e. The van der Waals surface area contributed by atoms with Gasteiger partial charge in [0.2, 0.25) is 10.0 Å². The summed E-state index contributed by atoms with van der Waals surface area (Å²) in [5.41, 5.74) is -0.136. The number of rotatable bonds is 6. The van der Waals surface area contributed by atoms with Crippen molar-refractivity contribution in [3.63, 3.8) is 0 Å². The monoisotopic (exact) mass is 307 g/mol. The summed E-state index contributed by atoms with van der Waals surface area (Å²) in [5, 5.41) is 8.86. The number of carboxylic acids is 1. The van der Waals surface area contributed by atoms with Gasteiger partial charge in [-0.1, -0.05) is 11.6 Å². The number of methoxy groups -OCH3 is 1. The number of sulfonamides is 1. The number of hydrogen-bond donors (Lipinski definition) is 1. The van der Waals surface area contributed by atoms with E-state index in [1.165, 1.54) is 26.3 Å². The van der Waals surface area contributed by atoms with Crippen LogP contribution in [0.4, 0.5) is 0 Å². The number of ether oxygens (including phenoxy) is 1. The Morgan fingerprint density at radius 1 is 1.47 bits per heavy atom. The third-order valence-electron chi connectivity index (χ3n) is 2.48. The molecule has 0 saturated heterocycles. The van der Waals surface area contributed by atoms with Gasteiger partial charge >= 0.3 is 5.97 Å². The average Bonchev–Trinajstić information content (AvgIpc) is 2.35. The fourth-order valence-corrected chi connectivity index (χ4v) is 2.99. The molecule has 1 rings (SSSR count). The van der Waals surface area contributed by atoms with Crippen molar-refractivity contribution in [2.45, 2.75) is 4.90 Å². The number of carboxylic acid groups (broad SMARTS) is 1. The van der Waals surface area contributed by atoms with E-state index in [-0.39, 0.29) is 28.6 Å². The molecule has 0 bridgehead atoms. The Balaban J connectivity index is 3.20. The molecule has 8 heteroatoms. The highest BCUT2D eigenvalue weighted by molar-refractivity contribution is 7.89. The molecular formula is C11H14ClNO5S. The van der Waals surface area contributed by atoms with Gasteiger partial charge in [0.15, 0.2) is 0 Å². The minimum absolute atomic E-state index is 0.0192. The summed E-state index contributed by atoms with van der Waals surface area (Å²) in [7, 11) is -1.01. The topological polar surface area (TPSA) is 83.9 Å². The Bertz CT molecular complexity index is 572. The third kappa shape index (κ3) is 3.66. The van der Waals surface area contributed by atoms with Crippen LogP contribution in [0.15, 0.2) is 23.1 Å². The molecule has 1 N–H and O–H groups in total. The summed E-state index contributed by atoms with van der Waals surface area (Å²) < 4.78 is 30.3. The lowest BCUT2D eigenvalue weighted by Crippen LogP contribution is -2.30. The summed E-state index contributed by atoms with van der Waals surface area (Å²) >= 11 is 5.83. The number of nitrogens with zero attached hydrogens (tertiary/aromatic N) is 1. The number of aromatic carboxylic acids is 1. The average molecular weight is 308 g/mol. The standard InChI is InChI=1S/C11H14ClNO5S/c1-13(5-6-18-2)19(16,17)10-7-8(11(14)15)3-4-9(10)12/h3-4,7H,5-6H2,1-2H3,(H,14,15). The largest absolute Gasteiger partial charge is 0.478 e. The Morgan fingerprint density at radius 2 is 2.11 bits per heavy atom. The zero-order valence-corrected chi connectivity index (χ0v) is 12.0. The smallest absolute Gasteiger partial charge is 0.335 e. The molecule has 0 heterocycles. The van der Waals surface area contributed by atoms with Crippen LogP contribution in [-0.2, 0) is 14.8 Å². The fraction of sp³-hybridized carbons (Fsp3) is 0.364. The van der Waals surface area contributed by atoms with Crippen LogP contribution >= 0.6 is 11.6 Å². The van der Waals surface area contributed by atoms with E-state index < -0.39 is 16.0 Å². The molecule has 0 aliphatic carbocycles. The van der Waals surface area contributed by atoms with Crippen LogP contribution in [0.3, 0.4) is 0 Å². The minimum Gasteiger partial charge on any atom is -0.478 e. The highest BCUT2D eigenvalue weighted by Gasteiger charge is 2.24. The fourth-order valence-electron chi connectivity index (χ4n) is 1.34. The molecule has 0 aromatic heterocycles. The molecule has 0 unspecified atom stereocenters. The van der Waals surface area contributed by atoms with Gasteiger partial charge in [-0.2, -0.15) is 4.31 Å². The van der Waals surface area contributed by atoms with E-state index in [1.54, 1.807) is 0 Å².